The van der Waals surface area contributed by atoms with Gasteiger partial charge >= 0.3 is 0 Å². The molecule has 1 nitrogen and oxygen atoms in total. The molecule has 0 fully saturated rings. The summed E-state index contributed by atoms with van der Waals surface area (Å²) in [5.41, 5.74) is 0. The number of allylic oxidation sites excluding steroid dienone is 3. The van der Waals surface area contributed by atoms with Crippen LogP contribution in [0.5, 0.6) is 0 Å². The van der Waals surface area contributed by atoms with Crippen LogP contribution in [-0.2, 0) is 0 Å². The van der Waals surface area contributed by atoms with Gasteiger partial charge in [-0.05, 0) is 25.2 Å². The van der Waals surface area contributed by atoms with E-state index in [2.05, 4.69) is 32.9 Å². The van der Waals surface area contributed by atoms with Gasteiger partial charge in [-0.2, -0.15) is 0 Å². The molecule has 1 heteroatoms. The zero-order chi connectivity index (χ0) is 15.1. The largest absolute Gasteiger partial charge is 0.389 e. The second-order valence-corrected chi connectivity index (χ2v) is 5.88. The van der Waals surface area contributed by atoms with E-state index in [1.54, 1.807) is 0 Å². The molecule has 0 spiro atoms. The lowest BCUT2D eigenvalue weighted by molar-refractivity contribution is 0.208. The first kappa shape index (κ1) is 19.4. The normalized spacial score (nSPS) is 13.8. The molecule has 1 atom stereocenters. The van der Waals surface area contributed by atoms with Crippen molar-refractivity contribution in [3.05, 3.63) is 24.3 Å². The van der Waals surface area contributed by atoms with Crippen molar-refractivity contribution in [1.29, 1.82) is 0 Å². The van der Waals surface area contributed by atoms with Crippen LogP contribution in [0.4, 0.5) is 0 Å². The van der Waals surface area contributed by atoms with Crippen LogP contribution < -0.4 is 0 Å². The van der Waals surface area contributed by atoms with E-state index >= 15 is 0 Å². The van der Waals surface area contributed by atoms with Gasteiger partial charge in [0.2, 0.25) is 0 Å². The number of hydrogen-bond acceptors (Lipinski definition) is 1. The second-order valence-electron chi connectivity index (χ2n) is 5.88. The van der Waals surface area contributed by atoms with Crippen molar-refractivity contribution in [2.45, 2.75) is 91.1 Å². The van der Waals surface area contributed by atoms with E-state index in [4.69, 9.17) is 0 Å². The van der Waals surface area contributed by atoms with Crippen molar-refractivity contribution >= 4 is 0 Å². The van der Waals surface area contributed by atoms with Crippen LogP contribution in [-0.4, -0.2) is 11.2 Å². The highest BCUT2D eigenvalue weighted by Gasteiger charge is 2.03. The quantitative estimate of drug-likeness (QED) is 0.322. The molecule has 0 aromatic rings. The van der Waals surface area contributed by atoms with Crippen LogP contribution in [0.25, 0.3) is 0 Å². The molecule has 0 aromatic heterocycles. The number of rotatable bonds is 13. The summed E-state index contributed by atoms with van der Waals surface area (Å²) in [6.07, 6.45) is 20.4. The van der Waals surface area contributed by atoms with E-state index in [0.717, 1.165) is 18.8 Å². The number of aliphatic hydroxyl groups is 1. The van der Waals surface area contributed by atoms with Crippen LogP contribution in [0.1, 0.15) is 85.0 Å². The Bertz CT molecular complexity index is 234. The van der Waals surface area contributed by atoms with Gasteiger partial charge in [0.05, 0.1) is 6.10 Å². The van der Waals surface area contributed by atoms with Gasteiger partial charge in [0.1, 0.15) is 0 Å². The molecular weight excluding hydrogens is 244 g/mol. The molecule has 118 valence electrons. The topological polar surface area (TPSA) is 20.2 Å². The molecular formula is C19H36O. The molecule has 0 aliphatic rings. The Hall–Kier alpha value is -0.560. The summed E-state index contributed by atoms with van der Waals surface area (Å²) in [7, 11) is 0. The zero-order valence-electron chi connectivity index (χ0n) is 14.0. The van der Waals surface area contributed by atoms with E-state index in [9.17, 15) is 5.11 Å². The maximum absolute atomic E-state index is 9.80. The van der Waals surface area contributed by atoms with Gasteiger partial charge < -0.3 is 5.11 Å². The Morgan fingerprint density at radius 3 is 1.80 bits per heavy atom. The van der Waals surface area contributed by atoms with E-state index in [0.29, 0.717) is 0 Å². The summed E-state index contributed by atoms with van der Waals surface area (Å²) in [6.45, 7) is 6.71. The summed E-state index contributed by atoms with van der Waals surface area (Å²) in [5.74, 6) is 0.719. The van der Waals surface area contributed by atoms with Crippen LogP contribution in [0.15, 0.2) is 24.3 Å². The Kier molecular flexibility index (Phi) is 14.4. The number of unbranched alkanes of at least 4 members (excludes halogenated alkanes) is 4. The fourth-order valence-electron chi connectivity index (χ4n) is 2.38. The summed E-state index contributed by atoms with van der Waals surface area (Å²) >= 11 is 0. The van der Waals surface area contributed by atoms with Gasteiger partial charge in [0.15, 0.2) is 0 Å². The van der Waals surface area contributed by atoms with Crippen molar-refractivity contribution in [1.82, 2.24) is 0 Å². The van der Waals surface area contributed by atoms with Gasteiger partial charge in [-0.15, -0.1) is 0 Å². The predicted octanol–water partition coefficient (Wildman–Crippen LogP) is 6.04. The first-order valence-corrected chi connectivity index (χ1v) is 8.77. The van der Waals surface area contributed by atoms with Crippen molar-refractivity contribution in [3.8, 4) is 0 Å². The third-order valence-electron chi connectivity index (χ3n) is 3.79. The van der Waals surface area contributed by atoms with E-state index in [1.165, 1.54) is 51.4 Å². The Morgan fingerprint density at radius 2 is 1.25 bits per heavy atom. The average Bonchev–Trinajstić information content (AvgIpc) is 2.45. The number of aliphatic hydroxyl groups excluding tert-OH is 1. The molecule has 0 aliphatic heterocycles. The summed E-state index contributed by atoms with van der Waals surface area (Å²) in [5, 5.41) is 9.80. The molecule has 1 N–H and O–H groups in total. The fraction of sp³-hybridized carbons (Fsp3) is 0.789. The van der Waals surface area contributed by atoms with Crippen LogP contribution >= 0.6 is 0 Å². The van der Waals surface area contributed by atoms with Crippen LogP contribution in [0.3, 0.4) is 0 Å². The van der Waals surface area contributed by atoms with E-state index < -0.39 is 0 Å². The summed E-state index contributed by atoms with van der Waals surface area (Å²) < 4.78 is 0. The minimum Gasteiger partial charge on any atom is -0.389 e. The second kappa shape index (κ2) is 14.8. The van der Waals surface area contributed by atoms with Crippen LogP contribution in [0, 0.1) is 5.92 Å². The molecule has 20 heavy (non-hydrogen) atoms. The lowest BCUT2D eigenvalue weighted by Gasteiger charge is -2.11. The molecule has 0 saturated carbocycles. The molecule has 1 unspecified atom stereocenters. The average molecular weight is 280 g/mol. The molecule has 0 bridgehead atoms. The highest BCUT2D eigenvalue weighted by Crippen LogP contribution is 2.17. The Morgan fingerprint density at radius 1 is 0.700 bits per heavy atom. The molecule has 0 rings (SSSR count). The van der Waals surface area contributed by atoms with Crippen LogP contribution in [0.2, 0.25) is 0 Å². The predicted molar refractivity (Wildman–Crippen MR) is 91.0 cm³/mol. The first-order valence-electron chi connectivity index (χ1n) is 8.77. The highest BCUT2D eigenvalue weighted by atomic mass is 16.3. The van der Waals surface area contributed by atoms with Gasteiger partial charge in [0.25, 0.3) is 0 Å². The van der Waals surface area contributed by atoms with E-state index in [-0.39, 0.29) is 6.10 Å². The van der Waals surface area contributed by atoms with Crippen molar-refractivity contribution in [3.63, 3.8) is 0 Å². The van der Waals surface area contributed by atoms with Gasteiger partial charge in [0, 0.05) is 0 Å². The lowest BCUT2D eigenvalue weighted by Crippen LogP contribution is -2.01. The molecule has 0 saturated heterocycles. The molecule has 0 aliphatic carbocycles. The third-order valence-corrected chi connectivity index (χ3v) is 3.79. The van der Waals surface area contributed by atoms with Crippen molar-refractivity contribution in [2.24, 2.45) is 5.92 Å². The van der Waals surface area contributed by atoms with Gasteiger partial charge in [-0.25, -0.2) is 0 Å². The van der Waals surface area contributed by atoms with Gasteiger partial charge in [-0.3, -0.25) is 0 Å². The molecule has 0 radical (unpaired) electrons. The van der Waals surface area contributed by atoms with Gasteiger partial charge in [-0.1, -0.05) is 90.0 Å². The van der Waals surface area contributed by atoms with Crippen molar-refractivity contribution < 1.29 is 5.11 Å². The smallest absolute Gasteiger partial charge is 0.0723 e. The molecule has 0 heterocycles. The summed E-state index contributed by atoms with van der Waals surface area (Å²) in [4.78, 5) is 0. The lowest BCUT2D eigenvalue weighted by atomic mass is 9.95. The highest BCUT2D eigenvalue weighted by molar-refractivity contribution is 5.06. The Balaban J connectivity index is 3.99. The first-order chi connectivity index (χ1) is 9.74. The SMILES string of the molecule is CCCCCC(O)/C=C\C=C\C(CCCC)CCCC. The summed E-state index contributed by atoms with van der Waals surface area (Å²) in [6, 6.07) is 0. The third kappa shape index (κ3) is 12.5. The monoisotopic (exact) mass is 280 g/mol. The number of hydrogen-bond donors (Lipinski definition) is 1. The maximum atomic E-state index is 9.80. The molecule has 0 aromatic carbocycles. The van der Waals surface area contributed by atoms with Crippen molar-refractivity contribution in [2.75, 3.05) is 0 Å². The maximum Gasteiger partial charge on any atom is 0.0723 e. The van der Waals surface area contributed by atoms with E-state index in [1.807, 2.05) is 12.2 Å². The minimum atomic E-state index is -0.268. The minimum absolute atomic E-state index is 0.268. The molecule has 0 amide bonds. The fourth-order valence-corrected chi connectivity index (χ4v) is 2.38. The standard InChI is InChI=1S/C19H36O/c1-4-7-10-16-19(20)17-12-11-15-18(13-8-5-2)14-9-6-3/h11-12,15,17-20H,4-10,13-14,16H2,1-3H3/b15-11+,17-12-. The Labute approximate surface area is 127 Å². The zero-order valence-corrected chi connectivity index (χ0v) is 14.0.